The predicted octanol–water partition coefficient (Wildman–Crippen LogP) is 1.02. The monoisotopic (exact) mass is 272 g/mol. The Hall–Kier alpha value is -1.14. The SMILES string of the molecule is CC(=O)OC[C@H]1C[C@@H](OC(C)=O)[C@@H]2OC(C)(C)O[C@H]12. The first-order valence-electron chi connectivity index (χ1n) is 6.45. The summed E-state index contributed by atoms with van der Waals surface area (Å²) in [5, 5.41) is 0. The molecule has 1 aliphatic carbocycles. The molecule has 2 rings (SSSR count). The van der Waals surface area contributed by atoms with E-state index in [1.54, 1.807) is 0 Å². The van der Waals surface area contributed by atoms with Gasteiger partial charge in [0.25, 0.3) is 0 Å². The van der Waals surface area contributed by atoms with Crippen LogP contribution in [-0.2, 0) is 28.5 Å². The molecule has 0 radical (unpaired) electrons. The predicted molar refractivity (Wildman–Crippen MR) is 64.1 cm³/mol. The van der Waals surface area contributed by atoms with Crippen molar-refractivity contribution >= 4 is 11.9 Å². The molecule has 2 fully saturated rings. The lowest BCUT2D eigenvalue weighted by Gasteiger charge is -2.23. The number of ether oxygens (including phenoxy) is 4. The van der Waals surface area contributed by atoms with Gasteiger partial charge in [-0.1, -0.05) is 0 Å². The van der Waals surface area contributed by atoms with E-state index in [1.165, 1.54) is 13.8 Å². The number of carbonyl (C=O) groups excluding carboxylic acids is 2. The van der Waals surface area contributed by atoms with Gasteiger partial charge in [-0.3, -0.25) is 9.59 Å². The summed E-state index contributed by atoms with van der Waals surface area (Å²) in [5.41, 5.74) is 0. The van der Waals surface area contributed by atoms with Crippen molar-refractivity contribution in [3.8, 4) is 0 Å². The van der Waals surface area contributed by atoms with Crippen molar-refractivity contribution in [2.75, 3.05) is 6.61 Å². The Labute approximate surface area is 112 Å². The normalized spacial score (nSPS) is 35.8. The van der Waals surface area contributed by atoms with E-state index in [0.29, 0.717) is 6.42 Å². The van der Waals surface area contributed by atoms with Crippen molar-refractivity contribution in [3.05, 3.63) is 0 Å². The lowest BCUT2D eigenvalue weighted by atomic mass is 10.1. The maximum Gasteiger partial charge on any atom is 0.302 e. The van der Waals surface area contributed by atoms with Crippen molar-refractivity contribution in [2.45, 2.75) is 58.2 Å². The molecule has 0 spiro atoms. The largest absolute Gasteiger partial charge is 0.465 e. The lowest BCUT2D eigenvalue weighted by molar-refractivity contribution is -0.179. The highest BCUT2D eigenvalue weighted by Crippen LogP contribution is 2.42. The number of fused-ring (bicyclic) bond motifs is 1. The molecular formula is C13H20O6. The molecule has 0 bridgehead atoms. The minimum Gasteiger partial charge on any atom is -0.465 e. The van der Waals surface area contributed by atoms with Crippen LogP contribution < -0.4 is 0 Å². The van der Waals surface area contributed by atoms with Crippen molar-refractivity contribution in [3.63, 3.8) is 0 Å². The second kappa shape index (κ2) is 5.09. The summed E-state index contributed by atoms with van der Waals surface area (Å²) < 4.78 is 21.9. The van der Waals surface area contributed by atoms with Crippen molar-refractivity contribution in [1.82, 2.24) is 0 Å². The Morgan fingerprint density at radius 2 is 1.79 bits per heavy atom. The topological polar surface area (TPSA) is 71.1 Å². The van der Waals surface area contributed by atoms with Gasteiger partial charge in [-0.15, -0.1) is 0 Å². The van der Waals surface area contributed by atoms with E-state index in [2.05, 4.69) is 0 Å². The van der Waals surface area contributed by atoms with Gasteiger partial charge < -0.3 is 18.9 Å². The Morgan fingerprint density at radius 3 is 2.37 bits per heavy atom. The summed E-state index contributed by atoms with van der Waals surface area (Å²) in [6.45, 7) is 6.63. The molecular weight excluding hydrogens is 252 g/mol. The molecule has 1 heterocycles. The Morgan fingerprint density at radius 1 is 1.16 bits per heavy atom. The van der Waals surface area contributed by atoms with Crippen LogP contribution >= 0.6 is 0 Å². The molecule has 0 aromatic heterocycles. The van der Waals surface area contributed by atoms with E-state index in [4.69, 9.17) is 18.9 Å². The Balaban J connectivity index is 2.05. The van der Waals surface area contributed by atoms with Crippen LogP contribution in [0.4, 0.5) is 0 Å². The summed E-state index contributed by atoms with van der Waals surface area (Å²) in [4.78, 5) is 22.0. The third-order valence-electron chi connectivity index (χ3n) is 3.35. The molecule has 4 atom stereocenters. The highest BCUT2D eigenvalue weighted by molar-refractivity contribution is 5.66. The van der Waals surface area contributed by atoms with Crippen LogP contribution in [0.5, 0.6) is 0 Å². The summed E-state index contributed by atoms with van der Waals surface area (Å²) in [7, 11) is 0. The van der Waals surface area contributed by atoms with E-state index in [1.807, 2.05) is 13.8 Å². The summed E-state index contributed by atoms with van der Waals surface area (Å²) in [6, 6.07) is 0. The molecule has 2 aliphatic rings. The quantitative estimate of drug-likeness (QED) is 0.714. The zero-order chi connectivity index (χ0) is 14.2. The first-order chi connectivity index (χ1) is 8.78. The fraction of sp³-hybridized carbons (Fsp3) is 0.846. The fourth-order valence-electron chi connectivity index (χ4n) is 2.75. The maximum atomic E-state index is 11.1. The number of rotatable bonds is 3. The van der Waals surface area contributed by atoms with Gasteiger partial charge in [-0.2, -0.15) is 0 Å². The third kappa shape index (κ3) is 3.25. The lowest BCUT2D eigenvalue weighted by Crippen LogP contribution is -2.32. The molecule has 108 valence electrons. The van der Waals surface area contributed by atoms with Crippen LogP contribution in [0.15, 0.2) is 0 Å². The van der Waals surface area contributed by atoms with E-state index in [9.17, 15) is 9.59 Å². The molecule has 1 saturated carbocycles. The second-order valence-corrected chi connectivity index (χ2v) is 5.51. The molecule has 0 aromatic carbocycles. The molecule has 0 N–H and O–H groups in total. The first kappa shape index (κ1) is 14.3. The Kier molecular flexibility index (Phi) is 3.82. The minimum atomic E-state index is -0.706. The summed E-state index contributed by atoms with van der Waals surface area (Å²) in [6.07, 6.45) is -0.263. The van der Waals surface area contributed by atoms with Crippen LogP contribution in [-0.4, -0.2) is 42.6 Å². The van der Waals surface area contributed by atoms with Crippen LogP contribution in [0, 0.1) is 5.92 Å². The van der Waals surface area contributed by atoms with Gasteiger partial charge in [0.05, 0.1) is 12.7 Å². The maximum absolute atomic E-state index is 11.1. The average molecular weight is 272 g/mol. The molecule has 1 aliphatic heterocycles. The standard InChI is InChI=1S/C13H20O6/c1-7(14)16-6-9-5-10(17-8(2)15)12-11(9)18-13(3,4)19-12/h9-12H,5-6H2,1-4H3/t9-,10-,11-,12+/m1/s1. The number of hydrogen-bond donors (Lipinski definition) is 0. The highest BCUT2D eigenvalue weighted by Gasteiger charge is 2.55. The van der Waals surface area contributed by atoms with Gasteiger partial charge in [-0.05, 0) is 20.3 Å². The van der Waals surface area contributed by atoms with E-state index < -0.39 is 5.79 Å². The van der Waals surface area contributed by atoms with Crippen molar-refractivity contribution < 1.29 is 28.5 Å². The van der Waals surface area contributed by atoms with Crippen LogP contribution in [0.2, 0.25) is 0 Å². The molecule has 0 aromatic rings. The molecule has 19 heavy (non-hydrogen) atoms. The molecule has 1 saturated heterocycles. The molecule has 0 amide bonds. The number of esters is 2. The van der Waals surface area contributed by atoms with Gasteiger partial charge in [-0.25, -0.2) is 0 Å². The molecule has 0 unspecified atom stereocenters. The summed E-state index contributed by atoms with van der Waals surface area (Å²) >= 11 is 0. The smallest absolute Gasteiger partial charge is 0.302 e. The second-order valence-electron chi connectivity index (χ2n) is 5.51. The van der Waals surface area contributed by atoms with Gasteiger partial charge in [0.15, 0.2) is 5.79 Å². The van der Waals surface area contributed by atoms with E-state index >= 15 is 0 Å². The van der Waals surface area contributed by atoms with Crippen LogP contribution in [0.1, 0.15) is 34.1 Å². The van der Waals surface area contributed by atoms with Gasteiger partial charge in [0.1, 0.15) is 12.2 Å². The first-order valence-corrected chi connectivity index (χ1v) is 6.45. The van der Waals surface area contributed by atoms with Crippen LogP contribution in [0.25, 0.3) is 0 Å². The molecule has 6 heteroatoms. The highest BCUT2D eigenvalue weighted by atomic mass is 16.8. The zero-order valence-corrected chi connectivity index (χ0v) is 11.7. The fourth-order valence-corrected chi connectivity index (χ4v) is 2.75. The minimum absolute atomic E-state index is 0.0139. The molecule has 6 nitrogen and oxygen atoms in total. The van der Waals surface area contributed by atoms with Gasteiger partial charge in [0.2, 0.25) is 0 Å². The van der Waals surface area contributed by atoms with Gasteiger partial charge in [0, 0.05) is 19.8 Å². The number of hydrogen-bond acceptors (Lipinski definition) is 6. The average Bonchev–Trinajstić information content (AvgIpc) is 2.70. The zero-order valence-electron chi connectivity index (χ0n) is 11.7. The number of carbonyl (C=O) groups is 2. The Bertz CT molecular complexity index is 377. The van der Waals surface area contributed by atoms with E-state index in [0.717, 1.165) is 0 Å². The van der Waals surface area contributed by atoms with Crippen molar-refractivity contribution in [1.29, 1.82) is 0 Å². The third-order valence-corrected chi connectivity index (χ3v) is 3.35. The summed E-state index contributed by atoms with van der Waals surface area (Å²) in [5.74, 6) is -1.39. The van der Waals surface area contributed by atoms with Gasteiger partial charge >= 0.3 is 11.9 Å². The van der Waals surface area contributed by atoms with Crippen molar-refractivity contribution in [2.24, 2.45) is 5.92 Å². The van der Waals surface area contributed by atoms with Crippen LogP contribution in [0.3, 0.4) is 0 Å². The van der Waals surface area contributed by atoms with E-state index in [-0.39, 0.29) is 42.8 Å².